The lowest BCUT2D eigenvalue weighted by Gasteiger charge is -2.22. The number of carbonyl (C=O) groups is 1. The quantitative estimate of drug-likeness (QED) is 0.766. The van der Waals surface area contributed by atoms with Crippen LogP contribution < -0.4 is 5.73 Å². The fourth-order valence-corrected chi connectivity index (χ4v) is 2.26. The number of carbonyl (C=O) groups excluding carboxylic acids is 1. The van der Waals surface area contributed by atoms with Crippen molar-refractivity contribution in [2.45, 2.75) is 51.6 Å². The summed E-state index contributed by atoms with van der Waals surface area (Å²) in [5.41, 5.74) is 7.96. The van der Waals surface area contributed by atoms with E-state index in [0.29, 0.717) is 19.0 Å². The van der Waals surface area contributed by atoms with Crippen LogP contribution in [0.1, 0.15) is 43.2 Å². The first-order valence-electron chi connectivity index (χ1n) is 7.26. The summed E-state index contributed by atoms with van der Waals surface area (Å²) in [6.45, 7) is 3.52. The summed E-state index contributed by atoms with van der Waals surface area (Å²) in [6, 6.07) is 8.95. The van der Waals surface area contributed by atoms with Crippen molar-refractivity contribution >= 4 is 5.91 Å². The number of benzene rings is 1. The van der Waals surface area contributed by atoms with Gasteiger partial charge in [-0.2, -0.15) is 0 Å². The normalized spacial score (nSPS) is 14.4. The Morgan fingerprint density at radius 2 is 1.95 bits per heavy atom. The van der Waals surface area contributed by atoms with Crippen LogP contribution in [0.4, 0.5) is 0 Å². The summed E-state index contributed by atoms with van der Waals surface area (Å²) in [7, 11) is 0. The topological polar surface area (TPSA) is 46.3 Å². The molecular weight excluding hydrogens is 236 g/mol. The molecule has 1 saturated carbocycles. The summed E-state index contributed by atoms with van der Waals surface area (Å²) >= 11 is 0. The first-order valence-corrected chi connectivity index (χ1v) is 7.26. The Morgan fingerprint density at radius 1 is 1.26 bits per heavy atom. The smallest absolute Gasteiger partial charge is 0.223 e. The van der Waals surface area contributed by atoms with E-state index in [-0.39, 0.29) is 5.91 Å². The maximum Gasteiger partial charge on any atom is 0.223 e. The Balaban J connectivity index is 1.92. The molecule has 3 heteroatoms. The van der Waals surface area contributed by atoms with Crippen LogP contribution in [-0.4, -0.2) is 23.4 Å². The maximum absolute atomic E-state index is 12.3. The molecule has 0 saturated heterocycles. The van der Waals surface area contributed by atoms with E-state index < -0.39 is 0 Å². The molecule has 1 aromatic rings. The Labute approximate surface area is 115 Å². The molecule has 0 atom stereocenters. The zero-order chi connectivity index (χ0) is 13.7. The molecule has 104 valence electrons. The Bertz CT molecular complexity index is 409. The molecule has 0 spiro atoms. The van der Waals surface area contributed by atoms with Crippen LogP contribution in [0.15, 0.2) is 24.3 Å². The van der Waals surface area contributed by atoms with Gasteiger partial charge in [0, 0.05) is 19.0 Å². The number of hydrogen-bond acceptors (Lipinski definition) is 2. The van der Waals surface area contributed by atoms with Gasteiger partial charge in [-0.05, 0) is 44.7 Å². The molecular formula is C16H24N2O. The molecule has 1 aromatic carbocycles. The zero-order valence-corrected chi connectivity index (χ0v) is 11.8. The van der Waals surface area contributed by atoms with Crippen molar-refractivity contribution in [1.82, 2.24) is 4.90 Å². The zero-order valence-electron chi connectivity index (χ0n) is 11.8. The highest BCUT2D eigenvalue weighted by atomic mass is 16.2. The number of rotatable bonds is 7. The lowest BCUT2D eigenvalue weighted by Crippen LogP contribution is -2.32. The average Bonchev–Trinajstić information content (AvgIpc) is 3.22. The highest BCUT2D eigenvalue weighted by molar-refractivity contribution is 5.76. The van der Waals surface area contributed by atoms with Crippen molar-refractivity contribution in [3.8, 4) is 0 Å². The summed E-state index contributed by atoms with van der Waals surface area (Å²) in [4.78, 5) is 14.3. The average molecular weight is 260 g/mol. The van der Waals surface area contributed by atoms with E-state index >= 15 is 0 Å². The van der Waals surface area contributed by atoms with Crippen LogP contribution in [0.2, 0.25) is 0 Å². The first kappa shape index (κ1) is 14.1. The van der Waals surface area contributed by atoms with Crippen molar-refractivity contribution in [3.05, 3.63) is 35.4 Å². The van der Waals surface area contributed by atoms with Crippen molar-refractivity contribution in [2.24, 2.45) is 5.73 Å². The molecule has 2 N–H and O–H groups in total. The largest absolute Gasteiger partial charge is 0.335 e. The van der Waals surface area contributed by atoms with Crippen LogP contribution in [0.25, 0.3) is 0 Å². The number of nitrogens with zero attached hydrogens (tertiary/aromatic N) is 1. The number of amides is 1. The van der Waals surface area contributed by atoms with Crippen LogP contribution in [0.3, 0.4) is 0 Å². The van der Waals surface area contributed by atoms with Gasteiger partial charge in [-0.1, -0.05) is 29.8 Å². The molecule has 0 unspecified atom stereocenters. The third-order valence-electron chi connectivity index (χ3n) is 3.63. The highest BCUT2D eigenvalue weighted by Gasteiger charge is 2.31. The summed E-state index contributed by atoms with van der Waals surface area (Å²) < 4.78 is 0. The van der Waals surface area contributed by atoms with Gasteiger partial charge < -0.3 is 10.6 Å². The second-order valence-electron chi connectivity index (χ2n) is 5.48. The molecule has 0 heterocycles. The van der Waals surface area contributed by atoms with E-state index in [0.717, 1.165) is 32.2 Å². The molecule has 1 amide bonds. The lowest BCUT2D eigenvalue weighted by molar-refractivity contribution is -0.132. The second kappa shape index (κ2) is 6.71. The first-order chi connectivity index (χ1) is 9.20. The van der Waals surface area contributed by atoms with E-state index in [1.165, 1.54) is 11.1 Å². The number of unbranched alkanes of at least 4 members (excludes halogenated alkanes) is 1. The summed E-state index contributed by atoms with van der Waals surface area (Å²) in [5, 5.41) is 0. The van der Waals surface area contributed by atoms with Gasteiger partial charge in [-0.15, -0.1) is 0 Å². The monoisotopic (exact) mass is 260 g/mol. The van der Waals surface area contributed by atoms with Gasteiger partial charge in [0.05, 0.1) is 0 Å². The van der Waals surface area contributed by atoms with E-state index in [4.69, 9.17) is 5.73 Å². The minimum atomic E-state index is 0.288. The predicted octanol–water partition coefficient (Wildman–Crippen LogP) is 2.62. The van der Waals surface area contributed by atoms with Crippen LogP contribution in [-0.2, 0) is 11.3 Å². The SMILES string of the molecule is Cc1ccc(CN(C(=O)CCCCN)C2CC2)cc1. The summed E-state index contributed by atoms with van der Waals surface area (Å²) in [6.07, 6.45) is 4.81. The molecule has 1 aliphatic rings. The summed E-state index contributed by atoms with van der Waals surface area (Å²) in [5.74, 6) is 0.288. The van der Waals surface area contributed by atoms with E-state index in [2.05, 4.69) is 36.1 Å². The third-order valence-corrected chi connectivity index (χ3v) is 3.63. The molecule has 2 rings (SSSR count). The highest BCUT2D eigenvalue weighted by Crippen LogP contribution is 2.29. The van der Waals surface area contributed by atoms with Gasteiger partial charge in [-0.3, -0.25) is 4.79 Å². The van der Waals surface area contributed by atoms with Crippen LogP contribution >= 0.6 is 0 Å². The van der Waals surface area contributed by atoms with Crippen LogP contribution in [0, 0.1) is 6.92 Å². The number of aryl methyl sites for hydroxylation is 1. The van der Waals surface area contributed by atoms with E-state index in [1.54, 1.807) is 0 Å². The van der Waals surface area contributed by atoms with Crippen molar-refractivity contribution in [1.29, 1.82) is 0 Å². The third kappa shape index (κ3) is 4.35. The van der Waals surface area contributed by atoms with Crippen LogP contribution in [0.5, 0.6) is 0 Å². The maximum atomic E-state index is 12.3. The van der Waals surface area contributed by atoms with Gasteiger partial charge in [0.1, 0.15) is 0 Å². The Hall–Kier alpha value is -1.35. The van der Waals surface area contributed by atoms with Crippen molar-refractivity contribution in [3.63, 3.8) is 0 Å². The fourth-order valence-electron chi connectivity index (χ4n) is 2.26. The molecule has 0 bridgehead atoms. The molecule has 1 fully saturated rings. The molecule has 0 aromatic heterocycles. The van der Waals surface area contributed by atoms with Gasteiger partial charge >= 0.3 is 0 Å². The molecule has 1 aliphatic carbocycles. The molecule has 19 heavy (non-hydrogen) atoms. The molecule has 0 aliphatic heterocycles. The van der Waals surface area contributed by atoms with Gasteiger partial charge in [-0.25, -0.2) is 0 Å². The van der Waals surface area contributed by atoms with Gasteiger partial charge in [0.15, 0.2) is 0 Å². The van der Waals surface area contributed by atoms with Crippen molar-refractivity contribution < 1.29 is 4.79 Å². The van der Waals surface area contributed by atoms with E-state index in [9.17, 15) is 4.79 Å². The van der Waals surface area contributed by atoms with Gasteiger partial charge in [0.2, 0.25) is 5.91 Å². The van der Waals surface area contributed by atoms with Crippen molar-refractivity contribution in [2.75, 3.05) is 6.54 Å². The minimum Gasteiger partial charge on any atom is -0.335 e. The Morgan fingerprint density at radius 3 is 2.53 bits per heavy atom. The number of hydrogen-bond donors (Lipinski definition) is 1. The van der Waals surface area contributed by atoms with Gasteiger partial charge in [0.25, 0.3) is 0 Å². The Kier molecular flexibility index (Phi) is 4.97. The minimum absolute atomic E-state index is 0.288. The molecule has 0 radical (unpaired) electrons. The molecule has 3 nitrogen and oxygen atoms in total. The van der Waals surface area contributed by atoms with E-state index in [1.807, 2.05) is 0 Å². The number of nitrogens with two attached hydrogens (primary N) is 1. The second-order valence-corrected chi connectivity index (χ2v) is 5.48. The standard InChI is InChI=1S/C16H24N2O/c1-13-5-7-14(8-6-13)12-18(15-9-10-15)16(19)4-2-3-11-17/h5-8,15H,2-4,9-12,17H2,1H3. The fraction of sp³-hybridized carbons (Fsp3) is 0.562. The lowest BCUT2D eigenvalue weighted by atomic mass is 10.1. The predicted molar refractivity (Wildman–Crippen MR) is 77.7 cm³/mol.